The van der Waals surface area contributed by atoms with Crippen molar-refractivity contribution >= 4 is 12.1 Å². The van der Waals surface area contributed by atoms with Crippen LogP contribution in [0.2, 0.25) is 0 Å². The Labute approximate surface area is 145 Å². The summed E-state index contributed by atoms with van der Waals surface area (Å²) in [6.45, 7) is 15.5. The first kappa shape index (κ1) is 20.3. The summed E-state index contributed by atoms with van der Waals surface area (Å²) in [4.78, 5) is 25.8. The van der Waals surface area contributed by atoms with Crippen LogP contribution in [0.15, 0.2) is 24.8 Å². The Morgan fingerprint density at radius 1 is 1.33 bits per heavy atom. The van der Waals surface area contributed by atoms with Crippen molar-refractivity contribution in [3.63, 3.8) is 0 Å². The van der Waals surface area contributed by atoms with E-state index in [9.17, 15) is 9.59 Å². The van der Waals surface area contributed by atoms with Crippen molar-refractivity contribution in [1.82, 2.24) is 4.90 Å². The SMILES string of the molecule is C=CC(=O)O[C@H](CC(=C)C)C[C@@H]1CCCCN1C(=O)OC(C)(C)C. The molecule has 0 radical (unpaired) electrons. The number of hydrogen-bond acceptors (Lipinski definition) is 4. The third kappa shape index (κ3) is 7.20. The lowest BCUT2D eigenvalue weighted by Gasteiger charge is -2.38. The molecule has 5 heteroatoms. The maximum absolute atomic E-state index is 12.5. The number of nitrogens with zero attached hydrogens (tertiary/aromatic N) is 1. The summed E-state index contributed by atoms with van der Waals surface area (Å²) in [5.41, 5.74) is 0.419. The molecule has 0 N–H and O–H groups in total. The lowest BCUT2D eigenvalue weighted by Crippen LogP contribution is -2.47. The minimum absolute atomic E-state index is 0.00978. The van der Waals surface area contributed by atoms with Gasteiger partial charge in [-0.3, -0.25) is 0 Å². The van der Waals surface area contributed by atoms with Gasteiger partial charge in [-0.05, 0) is 47.0 Å². The number of hydrogen-bond donors (Lipinski definition) is 0. The van der Waals surface area contributed by atoms with E-state index in [2.05, 4.69) is 13.2 Å². The molecule has 1 saturated heterocycles. The van der Waals surface area contributed by atoms with Crippen molar-refractivity contribution in [2.45, 2.75) is 77.5 Å². The monoisotopic (exact) mass is 337 g/mol. The van der Waals surface area contributed by atoms with Gasteiger partial charge in [0.05, 0.1) is 0 Å². The van der Waals surface area contributed by atoms with E-state index in [4.69, 9.17) is 9.47 Å². The summed E-state index contributed by atoms with van der Waals surface area (Å²) in [5, 5.41) is 0. The van der Waals surface area contributed by atoms with Crippen molar-refractivity contribution in [3.8, 4) is 0 Å². The average Bonchev–Trinajstić information content (AvgIpc) is 2.45. The first-order valence-corrected chi connectivity index (χ1v) is 8.59. The fourth-order valence-electron chi connectivity index (χ4n) is 2.88. The molecule has 5 nitrogen and oxygen atoms in total. The highest BCUT2D eigenvalue weighted by Gasteiger charge is 2.32. The van der Waals surface area contributed by atoms with Crippen LogP contribution in [-0.4, -0.2) is 41.3 Å². The summed E-state index contributed by atoms with van der Waals surface area (Å²) in [6.07, 6.45) is 4.64. The van der Waals surface area contributed by atoms with Crippen LogP contribution in [0.25, 0.3) is 0 Å². The molecule has 1 rings (SSSR count). The van der Waals surface area contributed by atoms with Gasteiger partial charge in [0.1, 0.15) is 11.7 Å². The van der Waals surface area contributed by atoms with Gasteiger partial charge < -0.3 is 14.4 Å². The highest BCUT2D eigenvalue weighted by molar-refractivity contribution is 5.81. The molecular weight excluding hydrogens is 306 g/mol. The zero-order chi connectivity index (χ0) is 18.3. The van der Waals surface area contributed by atoms with Crippen molar-refractivity contribution in [3.05, 3.63) is 24.8 Å². The van der Waals surface area contributed by atoms with Crippen molar-refractivity contribution in [2.24, 2.45) is 0 Å². The lowest BCUT2D eigenvalue weighted by molar-refractivity contribution is -0.143. The van der Waals surface area contributed by atoms with Gasteiger partial charge in [-0.1, -0.05) is 12.2 Å². The largest absolute Gasteiger partial charge is 0.459 e. The first-order chi connectivity index (χ1) is 11.1. The van der Waals surface area contributed by atoms with Crippen LogP contribution in [0.3, 0.4) is 0 Å². The Bertz CT molecular complexity index is 478. The number of amides is 1. The summed E-state index contributed by atoms with van der Waals surface area (Å²) in [6, 6.07) is 0.00978. The molecular formula is C19H31NO4. The Kier molecular flexibility index (Phi) is 7.52. The molecule has 1 amide bonds. The maximum Gasteiger partial charge on any atom is 0.410 e. The second-order valence-electron chi connectivity index (χ2n) is 7.48. The average molecular weight is 337 g/mol. The van der Waals surface area contributed by atoms with Crippen LogP contribution in [0.1, 0.15) is 59.8 Å². The Balaban J connectivity index is 2.80. The standard InChI is InChI=1S/C19H31NO4/c1-7-17(21)23-16(12-14(2)3)13-15-10-8-9-11-20(15)18(22)24-19(4,5)6/h7,15-16H,1-2,8-13H2,3-6H3/t15-,16+/m0/s1. The van der Waals surface area contributed by atoms with Crippen molar-refractivity contribution in [2.75, 3.05) is 6.54 Å². The van der Waals surface area contributed by atoms with E-state index in [0.29, 0.717) is 19.4 Å². The third-order valence-corrected chi connectivity index (χ3v) is 3.82. The van der Waals surface area contributed by atoms with E-state index in [1.54, 1.807) is 4.90 Å². The molecule has 24 heavy (non-hydrogen) atoms. The molecule has 0 aromatic rings. The normalized spacial score (nSPS) is 19.3. The third-order valence-electron chi connectivity index (χ3n) is 3.82. The fourth-order valence-corrected chi connectivity index (χ4v) is 2.88. The zero-order valence-electron chi connectivity index (χ0n) is 15.5. The molecule has 1 fully saturated rings. The van der Waals surface area contributed by atoms with Gasteiger partial charge >= 0.3 is 12.1 Å². The van der Waals surface area contributed by atoms with E-state index in [1.165, 1.54) is 0 Å². The molecule has 0 aliphatic carbocycles. The number of carbonyl (C=O) groups excluding carboxylic acids is 2. The van der Waals surface area contributed by atoms with Gasteiger partial charge in [0, 0.05) is 31.5 Å². The van der Waals surface area contributed by atoms with E-state index in [0.717, 1.165) is 30.9 Å². The quantitative estimate of drug-likeness (QED) is 0.413. The van der Waals surface area contributed by atoms with E-state index in [-0.39, 0.29) is 18.2 Å². The molecule has 136 valence electrons. The van der Waals surface area contributed by atoms with Gasteiger partial charge in [-0.15, -0.1) is 6.58 Å². The topological polar surface area (TPSA) is 55.8 Å². The summed E-state index contributed by atoms with van der Waals surface area (Å²) < 4.78 is 11.0. The Morgan fingerprint density at radius 3 is 2.54 bits per heavy atom. The van der Waals surface area contributed by atoms with Crippen molar-refractivity contribution < 1.29 is 19.1 Å². The smallest absolute Gasteiger partial charge is 0.410 e. The number of carbonyl (C=O) groups is 2. The second kappa shape index (κ2) is 8.90. The molecule has 0 unspecified atom stereocenters. The molecule has 1 heterocycles. The predicted molar refractivity (Wildman–Crippen MR) is 94.7 cm³/mol. The highest BCUT2D eigenvalue weighted by atomic mass is 16.6. The molecule has 0 saturated carbocycles. The molecule has 2 atom stereocenters. The minimum atomic E-state index is -0.522. The van der Waals surface area contributed by atoms with E-state index < -0.39 is 11.6 Å². The second-order valence-corrected chi connectivity index (χ2v) is 7.48. The summed E-state index contributed by atoms with van der Waals surface area (Å²) >= 11 is 0. The first-order valence-electron chi connectivity index (χ1n) is 8.59. The van der Waals surface area contributed by atoms with Crippen molar-refractivity contribution in [1.29, 1.82) is 0 Å². The van der Waals surface area contributed by atoms with Crippen LogP contribution in [0.4, 0.5) is 4.79 Å². The van der Waals surface area contributed by atoms with Gasteiger partial charge in [0.15, 0.2) is 0 Å². The molecule has 0 bridgehead atoms. The Morgan fingerprint density at radius 2 is 2.00 bits per heavy atom. The lowest BCUT2D eigenvalue weighted by atomic mass is 9.95. The molecule has 0 spiro atoms. The van der Waals surface area contributed by atoms with Crippen LogP contribution in [0, 0.1) is 0 Å². The van der Waals surface area contributed by atoms with Gasteiger partial charge in [0.25, 0.3) is 0 Å². The molecule has 1 aliphatic heterocycles. The van der Waals surface area contributed by atoms with Crippen LogP contribution >= 0.6 is 0 Å². The summed E-state index contributed by atoms with van der Waals surface area (Å²) in [5.74, 6) is -0.444. The van der Waals surface area contributed by atoms with Gasteiger partial charge in [-0.25, -0.2) is 9.59 Å². The molecule has 1 aliphatic rings. The van der Waals surface area contributed by atoms with Crippen LogP contribution in [0.5, 0.6) is 0 Å². The number of piperidine rings is 1. The number of likely N-dealkylation sites (tertiary alicyclic amines) is 1. The van der Waals surface area contributed by atoms with Gasteiger partial charge in [-0.2, -0.15) is 0 Å². The van der Waals surface area contributed by atoms with E-state index in [1.807, 2.05) is 27.7 Å². The zero-order valence-corrected chi connectivity index (χ0v) is 15.5. The minimum Gasteiger partial charge on any atom is -0.459 e. The van der Waals surface area contributed by atoms with Crippen LogP contribution < -0.4 is 0 Å². The van der Waals surface area contributed by atoms with E-state index >= 15 is 0 Å². The van der Waals surface area contributed by atoms with Gasteiger partial charge in [0.2, 0.25) is 0 Å². The predicted octanol–water partition coefficient (Wildman–Crippen LogP) is 4.23. The summed E-state index contributed by atoms with van der Waals surface area (Å²) in [7, 11) is 0. The fraction of sp³-hybridized carbons (Fsp3) is 0.684. The molecule has 0 aromatic carbocycles. The Hall–Kier alpha value is -1.78. The number of ether oxygens (including phenoxy) is 2. The number of esters is 1. The maximum atomic E-state index is 12.5. The highest BCUT2D eigenvalue weighted by Crippen LogP contribution is 2.26. The molecule has 0 aromatic heterocycles. The number of rotatable bonds is 6. The van der Waals surface area contributed by atoms with Crippen LogP contribution in [-0.2, 0) is 14.3 Å².